The molecular formula is C33H41ClFN5O5S. The van der Waals surface area contributed by atoms with Crippen LogP contribution in [0.2, 0.25) is 5.02 Å². The maximum atomic E-state index is 15.3. The zero-order valence-corrected chi connectivity index (χ0v) is 27.6. The number of carbonyl (C=O) groups is 1. The average molecular weight is 674 g/mol. The van der Waals surface area contributed by atoms with Crippen LogP contribution >= 0.6 is 11.6 Å². The highest BCUT2D eigenvalue weighted by atomic mass is 35.5. The van der Waals surface area contributed by atoms with Gasteiger partial charge in [0.1, 0.15) is 11.6 Å². The van der Waals surface area contributed by atoms with Crippen LogP contribution in [0.4, 0.5) is 10.1 Å². The number of benzene rings is 2. The molecule has 2 aliphatic heterocycles. The third-order valence-electron chi connectivity index (χ3n) is 8.96. The molecule has 0 spiro atoms. The molecule has 2 aliphatic rings. The van der Waals surface area contributed by atoms with E-state index in [0.717, 1.165) is 24.6 Å². The Bertz CT molecular complexity index is 1590. The molecule has 0 bridgehead atoms. The molecule has 2 fully saturated rings. The fraction of sp³-hybridized carbons (Fsp3) is 0.455. The molecule has 0 aliphatic carbocycles. The first kappa shape index (κ1) is 34.2. The lowest BCUT2D eigenvalue weighted by Crippen LogP contribution is -2.58. The summed E-state index contributed by atoms with van der Waals surface area (Å²) in [5.74, 6) is -0.695. The summed E-state index contributed by atoms with van der Waals surface area (Å²) in [6, 6.07) is 11.9. The van der Waals surface area contributed by atoms with Crippen molar-refractivity contribution in [3.8, 4) is 5.75 Å². The number of ether oxygens (including phenoxy) is 2. The summed E-state index contributed by atoms with van der Waals surface area (Å²) < 4.78 is 55.1. The van der Waals surface area contributed by atoms with Gasteiger partial charge in [0.2, 0.25) is 15.9 Å². The maximum Gasteiger partial charge on any atom is 0.243 e. The monoisotopic (exact) mass is 673 g/mol. The fourth-order valence-corrected chi connectivity index (χ4v) is 8.55. The summed E-state index contributed by atoms with van der Waals surface area (Å²) in [7, 11) is -2.34. The predicted molar refractivity (Wildman–Crippen MR) is 175 cm³/mol. The second-order valence-corrected chi connectivity index (χ2v) is 14.2. The number of halogens is 2. The van der Waals surface area contributed by atoms with Crippen LogP contribution < -0.4 is 21.1 Å². The summed E-state index contributed by atoms with van der Waals surface area (Å²) in [6.07, 6.45) is 4.47. The van der Waals surface area contributed by atoms with Crippen LogP contribution in [0.15, 0.2) is 65.8 Å². The smallest absolute Gasteiger partial charge is 0.243 e. The third-order valence-corrected chi connectivity index (χ3v) is 11.3. The molecule has 4 atom stereocenters. The van der Waals surface area contributed by atoms with Crippen molar-refractivity contribution in [1.29, 1.82) is 0 Å². The second kappa shape index (κ2) is 15.2. The standard InChI is InChI=1S/C33H41ClFN5O5S/c1-21-17-37-18-25(40(21)46(42,43)27-10-8-26(44-2)9-11-27)7-12-28-29(35)19-38-20-30(28)39-33(41)32(36)31(23-13-15-45-16-14-23)22-3-5-24(34)6-4-22/h3-6,8-11,19-21,23,25,31-32,37H,7,12-18,36H2,1-2H3,(H,39,41)/t21-,25-,31-,32-/m0/s1. The SMILES string of the molecule is COc1ccc(S(=O)(=O)N2[C@@H](CCc3c(F)cncc3NC(=O)[C@@H](N)[C@@H](c3ccc(Cl)cc3)C3CCOCC3)CNC[C@@H]2C)cc1. The first-order valence-corrected chi connectivity index (χ1v) is 17.3. The first-order chi connectivity index (χ1) is 22.1. The van der Waals surface area contributed by atoms with E-state index < -0.39 is 33.8 Å². The summed E-state index contributed by atoms with van der Waals surface area (Å²) in [4.78, 5) is 17.8. The molecule has 1 amide bonds. The summed E-state index contributed by atoms with van der Waals surface area (Å²) >= 11 is 6.14. The van der Waals surface area contributed by atoms with E-state index in [-0.39, 0.29) is 40.4 Å². The van der Waals surface area contributed by atoms with Crippen molar-refractivity contribution >= 4 is 33.2 Å². The van der Waals surface area contributed by atoms with Gasteiger partial charge in [-0.05, 0) is 80.5 Å². The van der Waals surface area contributed by atoms with E-state index in [4.69, 9.17) is 26.8 Å². The molecule has 3 aromatic rings. The Morgan fingerprint density at radius 3 is 2.52 bits per heavy atom. The van der Waals surface area contributed by atoms with Crippen molar-refractivity contribution in [2.24, 2.45) is 11.7 Å². The molecule has 1 aromatic heterocycles. The molecule has 0 radical (unpaired) electrons. The quantitative estimate of drug-likeness (QED) is 0.274. The van der Waals surface area contributed by atoms with Crippen LogP contribution in [0.25, 0.3) is 0 Å². The largest absolute Gasteiger partial charge is 0.497 e. The normalized spacial score (nSPS) is 21.0. The van der Waals surface area contributed by atoms with Crippen LogP contribution in [-0.4, -0.2) is 75.2 Å². The number of hydrogen-bond acceptors (Lipinski definition) is 8. The molecular weight excluding hydrogens is 633 g/mol. The van der Waals surface area contributed by atoms with Gasteiger partial charge >= 0.3 is 0 Å². The minimum atomic E-state index is -3.86. The Balaban J connectivity index is 1.35. The fourth-order valence-electron chi connectivity index (χ4n) is 6.58. The maximum absolute atomic E-state index is 15.3. The van der Waals surface area contributed by atoms with E-state index in [0.29, 0.717) is 43.5 Å². The minimum absolute atomic E-state index is 0.111. The zero-order valence-electron chi connectivity index (χ0n) is 26.0. The van der Waals surface area contributed by atoms with Gasteiger partial charge in [0.05, 0.1) is 36.1 Å². The van der Waals surface area contributed by atoms with E-state index in [2.05, 4.69) is 15.6 Å². The topological polar surface area (TPSA) is 136 Å². The summed E-state index contributed by atoms with van der Waals surface area (Å²) in [5, 5.41) is 6.72. The Morgan fingerprint density at radius 2 is 1.85 bits per heavy atom. The van der Waals surface area contributed by atoms with Gasteiger partial charge in [-0.15, -0.1) is 0 Å². The molecule has 0 unspecified atom stereocenters. The minimum Gasteiger partial charge on any atom is -0.497 e. The number of nitrogens with zero attached hydrogens (tertiary/aromatic N) is 2. The van der Waals surface area contributed by atoms with Gasteiger partial charge in [-0.1, -0.05) is 23.7 Å². The number of anilines is 1. The van der Waals surface area contributed by atoms with Crippen LogP contribution in [0.5, 0.6) is 5.75 Å². The van der Waals surface area contributed by atoms with Crippen molar-refractivity contribution in [2.45, 2.75) is 61.5 Å². The van der Waals surface area contributed by atoms with Crippen LogP contribution in [0.3, 0.4) is 0 Å². The van der Waals surface area contributed by atoms with Gasteiger partial charge in [-0.3, -0.25) is 9.78 Å². The number of nitrogens with one attached hydrogen (secondary N) is 2. The Morgan fingerprint density at radius 1 is 1.15 bits per heavy atom. The van der Waals surface area contributed by atoms with Crippen molar-refractivity contribution < 1.29 is 27.1 Å². The van der Waals surface area contributed by atoms with Crippen molar-refractivity contribution in [3.05, 3.63) is 82.9 Å². The molecule has 248 valence electrons. The van der Waals surface area contributed by atoms with E-state index in [9.17, 15) is 13.2 Å². The first-order valence-electron chi connectivity index (χ1n) is 15.5. The number of rotatable bonds is 11. The predicted octanol–water partition coefficient (Wildman–Crippen LogP) is 4.34. The highest BCUT2D eigenvalue weighted by Crippen LogP contribution is 2.36. The Kier molecular flexibility index (Phi) is 11.3. The van der Waals surface area contributed by atoms with E-state index in [1.165, 1.54) is 29.7 Å². The number of aromatic nitrogens is 1. The van der Waals surface area contributed by atoms with E-state index in [1.54, 1.807) is 24.3 Å². The number of hydrogen-bond donors (Lipinski definition) is 3. The van der Waals surface area contributed by atoms with Crippen LogP contribution in [0, 0.1) is 11.7 Å². The van der Waals surface area contributed by atoms with Crippen molar-refractivity contribution in [2.75, 3.05) is 38.7 Å². The molecule has 3 heterocycles. The third kappa shape index (κ3) is 7.70. The molecule has 2 aromatic carbocycles. The number of pyridine rings is 1. The summed E-state index contributed by atoms with van der Waals surface area (Å²) in [5.41, 5.74) is 8.00. The molecule has 2 saturated heterocycles. The average Bonchev–Trinajstić information content (AvgIpc) is 3.06. The van der Waals surface area contributed by atoms with Crippen molar-refractivity contribution in [3.63, 3.8) is 0 Å². The highest BCUT2D eigenvalue weighted by molar-refractivity contribution is 7.89. The van der Waals surface area contributed by atoms with Crippen molar-refractivity contribution in [1.82, 2.24) is 14.6 Å². The number of carbonyl (C=O) groups excluding carboxylic acids is 1. The molecule has 46 heavy (non-hydrogen) atoms. The molecule has 0 saturated carbocycles. The summed E-state index contributed by atoms with van der Waals surface area (Å²) in [6.45, 7) is 3.89. The number of amides is 1. The second-order valence-electron chi connectivity index (χ2n) is 11.9. The number of nitrogens with two attached hydrogens (primary N) is 1. The van der Waals surface area contributed by atoms with Crippen LogP contribution in [-0.2, 0) is 26.0 Å². The number of piperazine rings is 1. The number of sulfonamides is 1. The van der Waals surface area contributed by atoms with Crippen LogP contribution in [0.1, 0.15) is 43.2 Å². The molecule has 5 rings (SSSR count). The van der Waals surface area contributed by atoms with E-state index >= 15 is 4.39 Å². The van der Waals surface area contributed by atoms with E-state index in [1.807, 2.05) is 19.1 Å². The van der Waals surface area contributed by atoms with Gasteiger partial charge in [0.15, 0.2) is 0 Å². The zero-order chi connectivity index (χ0) is 32.8. The molecule has 4 N–H and O–H groups in total. The van der Waals surface area contributed by atoms with Gasteiger partial charge in [-0.25, -0.2) is 12.8 Å². The van der Waals surface area contributed by atoms with Gasteiger partial charge in [0, 0.05) is 54.9 Å². The van der Waals surface area contributed by atoms with Gasteiger partial charge in [0.25, 0.3) is 0 Å². The Hall–Kier alpha value is -3.13. The number of methoxy groups -OCH3 is 1. The van der Waals surface area contributed by atoms with Gasteiger partial charge < -0.3 is 25.8 Å². The lowest BCUT2D eigenvalue weighted by molar-refractivity contribution is -0.118. The lowest BCUT2D eigenvalue weighted by atomic mass is 9.76. The highest BCUT2D eigenvalue weighted by Gasteiger charge is 2.38. The molecule has 10 nitrogen and oxygen atoms in total. The van der Waals surface area contributed by atoms with Gasteiger partial charge in [-0.2, -0.15) is 4.31 Å². The Labute approximate surface area is 274 Å². The lowest BCUT2D eigenvalue weighted by Gasteiger charge is -2.40. The molecule has 13 heteroatoms.